The average Bonchev–Trinajstić information content (AvgIpc) is 3.36. The van der Waals surface area contributed by atoms with Crippen molar-refractivity contribution in [2.75, 3.05) is 38.3 Å². The van der Waals surface area contributed by atoms with Gasteiger partial charge in [0.25, 0.3) is 11.8 Å². The molecule has 202 valence electrons. The molecule has 3 aromatic rings. The Hall–Kier alpha value is -3.85. The van der Waals surface area contributed by atoms with Crippen molar-refractivity contribution in [1.82, 2.24) is 15.4 Å². The van der Waals surface area contributed by atoms with Crippen LogP contribution in [0.5, 0.6) is 5.75 Å². The summed E-state index contributed by atoms with van der Waals surface area (Å²) in [6.45, 7) is 10.0. The number of carbonyl (C=O) groups is 2. The van der Waals surface area contributed by atoms with Gasteiger partial charge in [0.2, 0.25) is 5.76 Å². The summed E-state index contributed by atoms with van der Waals surface area (Å²) in [5, 5.41) is 10.1. The van der Waals surface area contributed by atoms with Crippen LogP contribution >= 0.6 is 0 Å². The number of methoxy groups -OCH3 is 1. The highest BCUT2D eigenvalue weighted by Crippen LogP contribution is 2.34. The third-order valence-corrected chi connectivity index (χ3v) is 6.99. The second-order valence-electron chi connectivity index (χ2n) is 11.0. The summed E-state index contributed by atoms with van der Waals surface area (Å²) in [5.41, 5.74) is 10.5. The summed E-state index contributed by atoms with van der Waals surface area (Å²) in [7, 11) is 3.57. The molecule has 0 radical (unpaired) electrons. The molecule has 0 saturated carbocycles. The van der Waals surface area contributed by atoms with Crippen LogP contribution in [-0.4, -0.2) is 55.2 Å². The molecule has 2 amide bonds. The zero-order valence-electron chi connectivity index (χ0n) is 23.0. The van der Waals surface area contributed by atoms with Crippen molar-refractivity contribution in [3.05, 3.63) is 58.8 Å². The van der Waals surface area contributed by atoms with E-state index >= 15 is 0 Å². The quantitative estimate of drug-likeness (QED) is 0.406. The minimum atomic E-state index is -0.340. The number of ether oxygens (including phenoxy) is 1. The third-order valence-electron chi connectivity index (χ3n) is 6.99. The van der Waals surface area contributed by atoms with Gasteiger partial charge < -0.3 is 30.5 Å². The van der Waals surface area contributed by atoms with E-state index in [0.29, 0.717) is 28.4 Å². The van der Waals surface area contributed by atoms with Crippen LogP contribution in [0.25, 0.3) is 11.3 Å². The van der Waals surface area contributed by atoms with Gasteiger partial charge in [-0.15, -0.1) is 0 Å². The van der Waals surface area contributed by atoms with E-state index < -0.39 is 0 Å². The second-order valence-corrected chi connectivity index (χ2v) is 11.0. The number of hydrogen-bond acceptors (Lipinski definition) is 7. The molecule has 1 fully saturated rings. The molecule has 1 aliphatic rings. The molecule has 0 unspecified atom stereocenters. The number of aryl methyl sites for hydroxylation is 1. The molecule has 2 aromatic carbocycles. The molecule has 4 N–H and O–H groups in total. The molecular formula is C29H37N5O4. The van der Waals surface area contributed by atoms with Crippen molar-refractivity contribution in [3.63, 3.8) is 0 Å². The highest BCUT2D eigenvalue weighted by Gasteiger charge is 2.24. The first-order chi connectivity index (χ1) is 18.0. The molecule has 1 aromatic heterocycles. The molecule has 38 heavy (non-hydrogen) atoms. The van der Waals surface area contributed by atoms with Gasteiger partial charge in [-0.25, -0.2) is 0 Å². The fourth-order valence-corrected chi connectivity index (χ4v) is 4.57. The summed E-state index contributed by atoms with van der Waals surface area (Å²) in [6.07, 6.45) is 1.80. The monoisotopic (exact) mass is 519 g/mol. The van der Waals surface area contributed by atoms with Crippen molar-refractivity contribution in [1.29, 1.82) is 0 Å². The van der Waals surface area contributed by atoms with Gasteiger partial charge in [-0.3, -0.25) is 9.59 Å². The molecular weight excluding hydrogens is 482 g/mol. The van der Waals surface area contributed by atoms with E-state index in [9.17, 15) is 9.59 Å². The summed E-state index contributed by atoms with van der Waals surface area (Å²) in [4.78, 5) is 28.3. The number of piperidine rings is 1. The first-order valence-corrected chi connectivity index (χ1v) is 12.8. The Kier molecular flexibility index (Phi) is 7.78. The van der Waals surface area contributed by atoms with Crippen LogP contribution in [0.15, 0.2) is 40.9 Å². The lowest BCUT2D eigenvalue weighted by Crippen LogP contribution is -2.43. The van der Waals surface area contributed by atoms with Crippen LogP contribution in [0, 0.1) is 6.92 Å². The normalized spacial score (nSPS) is 14.8. The molecule has 2 heterocycles. The molecule has 0 spiro atoms. The van der Waals surface area contributed by atoms with Gasteiger partial charge in [0.05, 0.1) is 18.4 Å². The molecule has 1 aliphatic heterocycles. The van der Waals surface area contributed by atoms with Crippen LogP contribution in [0.2, 0.25) is 0 Å². The Morgan fingerprint density at radius 1 is 1.11 bits per heavy atom. The third kappa shape index (κ3) is 5.99. The Morgan fingerprint density at radius 2 is 1.82 bits per heavy atom. The lowest BCUT2D eigenvalue weighted by atomic mass is 9.85. The van der Waals surface area contributed by atoms with E-state index in [1.165, 1.54) is 7.11 Å². The first kappa shape index (κ1) is 27.2. The van der Waals surface area contributed by atoms with Crippen LogP contribution in [0.1, 0.15) is 65.7 Å². The van der Waals surface area contributed by atoms with E-state index in [1.807, 2.05) is 37.3 Å². The van der Waals surface area contributed by atoms with Gasteiger partial charge in [0, 0.05) is 23.4 Å². The molecule has 9 nitrogen and oxygen atoms in total. The number of nitrogens with one attached hydrogen (secondary N) is 2. The smallest absolute Gasteiger partial charge is 0.290 e. The summed E-state index contributed by atoms with van der Waals surface area (Å²) >= 11 is 0. The number of likely N-dealkylation sites (tertiary alicyclic amines) is 1. The van der Waals surface area contributed by atoms with E-state index in [1.54, 1.807) is 6.07 Å². The van der Waals surface area contributed by atoms with Gasteiger partial charge in [-0.2, -0.15) is 0 Å². The molecule has 0 aliphatic carbocycles. The van der Waals surface area contributed by atoms with Gasteiger partial charge in [-0.1, -0.05) is 32.0 Å². The van der Waals surface area contributed by atoms with Gasteiger partial charge >= 0.3 is 0 Å². The highest BCUT2D eigenvalue weighted by atomic mass is 16.5. The number of aromatic nitrogens is 1. The average molecular weight is 520 g/mol. The molecule has 1 saturated heterocycles. The van der Waals surface area contributed by atoms with E-state index in [2.05, 4.69) is 48.5 Å². The Labute approximate surface area is 223 Å². The summed E-state index contributed by atoms with van der Waals surface area (Å²) in [6, 6.07) is 10.9. The first-order valence-electron chi connectivity index (χ1n) is 12.8. The predicted molar refractivity (Wildman–Crippen MR) is 149 cm³/mol. The van der Waals surface area contributed by atoms with Gasteiger partial charge in [-0.05, 0) is 80.7 Å². The van der Waals surface area contributed by atoms with Crippen molar-refractivity contribution < 1.29 is 18.8 Å². The minimum Gasteiger partial charge on any atom is -0.494 e. The Bertz CT molecular complexity index is 1330. The molecule has 9 heteroatoms. The number of nitrogens with two attached hydrogens (primary N) is 1. The number of benzene rings is 2. The summed E-state index contributed by atoms with van der Waals surface area (Å²) in [5.74, 6) is -0.122. The van der Waals surface area contributed by atoms with Crippen molar-refractivity contribution >= 4 is 23.2 Å². The van der Waals surface area contributed by atoms with Crippen LogP contribution in [-0.2, 0) is 5.41 Å². The number of hydrogen-bond donors (Lipinski definition) is 3. The molecule has 0 bridgehead atoms. The molecule has 0 atom stereocenters. The number of nitrogens with zero attached hydrogens (tertiary/aromatic N) is 2. The second kappa shape index (κ2) is 10.9. The maximum absolute atomic E-state index is 13.3. The SMILES string of the molecule is COc1c(N)cc(C(C)(C)C)cc1C(=O)Nc1ccc(C)c(-c2cc(C(=O)NC3CCN(C)CC3)on2)c1. The van der Waals surface area contributed by atoms with Crippen LogP contribution in [0.3, 0.4) is 0 Å². The van der Waals surface area contributed by atoms with Crippen LogP contribution in [0.4, 0.5) is 11.4 Å². The molecule has 4 rings (SSSR count). The van der Waals surface area contributed by atoms with E-state index in [0.717, 1.165) is 42.6 Å². The van der Waals surface area contributed by atoms with E-state index in [4.69, 9.17) is 15.0 Å². The maximum Gasteiger partial charge on any atom is 0.290 e. The van der Waals surface area contributed by atoms with Crippen molar-refractivity contribution in [2.45, 2.75) is 52.0 Å². The Balaban J connectivity index is 1.54. The Morgan fingerprint density at radius 3 is 2.47 bits per heavy atom. The number of anilines is 2. The number of amides is 2. The lowest BCUT2D eigenvalue weighted by Gasteiger charge is -2.29. The highest BCUT2D eigenvalue weighted by molar-refractivity contribution is 6.07. The zero-order chi connectivity index (χ0) is 27.6. The number of nitrogen functional groups attached to an aromatic ring is 1. The predicted octanol–water partition coefficient (Wildman–Crippen LogP) is 4.61. The van der Waals surface area contributed by atoms with Crippen LogP contribution < -0.4 is 21.1 Å². The maximum atomic E-state index is 13.3. The fourth-order valence-electron chi connectivity index (χ4n) is 4.57. The topological polar surface area (TPSA) is 123 Å². The summed E-state index contributed by atoms with van der Waals surface area (Å²) < 4.78 is 10.8. The van der Waals surface area contributed by atoms with Crippen molar-refractivity contribution in [2.24, 2.45) is 0 Å². The minimum absolute atomic E-state index is 0.121. The number of carbonyl (C=O) groups excluding carboxylic acids is 2. The van der Waals surface area contributed by atoms with Crippen molar-refractivity contribution in [3.8, 4) is 17.0 Å². The standard InChI is InChI=1S/C29H37N5O4/c1-17-7-8-20(32-27(35)22-13-18(29(2,3)4)14-23(30)26(22)37-6)15-21(17)24-16-25(38-33-24)28(36)31-19-9-11-34(5)12-10-19/h7-8,13-16,19H,9-12,30H2,1-6H3,(H,31,36)(H,32,35). The van der Waals surface area contributed by atoms with Gasteiger partial charge in [0.1, 0.15) is 5.69 Å². The fraction of sp³-hybridized carbons (Fsp3) is 0.414. The van der Waals surface area contributed by atoms with Gasteiger partial charge in [0.15, 0.2) is 5.75 Å². The lowest BCUT2D eigenvalue weighted by molar-refractivity contribution is 0.0879. The largest absolute Gasteiger partial charge is 0.494 e. The zero-order valence-corrected chi connectivity index (χ0v) is 23.0. The van der Waals surface area contributed by atoms with E-state index in [-0.39, 0.29) is 29.0 Å². The number of rotatable bonds is 6.